The van der Waals surface area contributed by atoms with E-state index in [0.717, 1.165) is 37.7 Å². The van der Waals surface area contributed by atoms with Crippen LogP contribution < -0.4 is 0 Å². The summed E-state index contributed by atoms with van der Waals surface area (Å²) in [6.45, 7) is 2.13. The van der Waals surface area contributed by atoms with Gasteiger partial charge in [0.2, 0.25) is 5.78 Å². The molecular weight excluding hydrogens is 246 g/mol. The largest absolute Gasteiger partial charge is 0.310 e. The molecule has 0 heterocycles. The molecule has 0 aliphatic heterocycles. The molecule has 0 fully saturated rings. The smallest absolute Gasteiger partial charge is 0.287 e. The van der Waals surface area contributed by atoms with Crippen LogP contribution in [0.4, 0.5) is 8.78 Å². The molecule has 0 saturated carbocycles. The SMILES string of the molecule is CCCCCCC1CC(F)(F)C(=O)c2ccccc21. The summed E-state index contributed by atoms with van der Waals surface area (Å²) in [5.74, 6) is -4.38. The summed E-state index contributed by atoms with van der Waals surface area (Å²) in [6, 6.07) is 6.84. The third-order valence-electron chi connectivity index (χ3n) is 3.89. The van der Waals surface area contributed by atoms with Gasteiger partial charge in [-0.05, 0) is 17.9 Å². The van der Waals surface area contributed by atoms with Gasteiger partial charge in [0, 0.05) is 12.0 Å². The molecule has 1 nitrogen and oxygen atoms in total. The number of hydrogen-bond acceptors (Lipinski definition) is 1. The van der Waals surface area contributed by atoms with Crippen LogP contribution >= 0.6 is 0 Å². The highest BCUT2D eigenvalue weighted by Crippen LogP contribution is 2.42. The molecule has 1 unspecified atom stereocenters. The van der Waals surface area contributed by atoms with Crippen LogP contribution in [-0.4, -0.2) is 11.7 Å². The Morgan fingerprint density at radius 1 is 1.21 bits per heavy atom. The molecule has 1 atom stereocenters. The van der Waals surface area contributed by atoms with Gasteiger partial charge in [-0.15, -0.1) is 0 Å². The minimum Gasteiger partial charge on any atom is -0.287 e. The Morgan fingerprint density at radius 2 is 1.95 bits per heavy atom. The maximum atomic E-state index is 13.8. The van der Waals surface area contributed by atoms with Crippen LogP contribution in [-0.2, 0) is 0 Å². The number of rotatable bonds is 5. The topological polar surface area (TPSA) is 17.1 Å². The number of alkyl halides is 2. The van der Waals surface area contributed by atoms with Crippen LogP contribution in [0.1, 0.15) is 67.3 Å². The Bertz CT molecular complexity index is 454. The van der Waals surface area contributed by atoms with E-state index in [0.29, 0.717) is 0 Å². The number of benzene rings is 1. The van der Waals surface area contributed by atoms with Gasteiger partial charge >= 0.3 is 5.92 Å². The lowest BCUT2D eigenvalue weighted by Gasteiger charge is -2.30. The average molecular weight is 266 g/mol. The number of carbonyl (C=O) groups excluding carboxylic acids is 1. The number of carbonyl (C=O) groups is 1. The van der Waals surface area contributed by atoms with Gasteiger partial charge in [-0.2, -0.15) is 8.78 Å². The van der Waals surface area contributed by atoms with Crippen molar-refractivity contribution in [1.82, 2.24) is 0 Å². The summed E-state index contributed by atoms with van der Waals surface area (Å²) >= 11 is 0. The molecule has 2 rings (SSSR count). The third kappa shape index (κ3) is 3.02. The van der Waals surface area contributed by atoms with E-state index in [1.165, 1.54) is 6.07 Å². The molecule has 3 heteroatoms. The van der Waals surface area contributed by atoms with Crippen molar-refractivity contribution in [1.29, 1.82) is 0 Å². The van der Waals surface area contributed by atoms with Gasteiger partial charge in [0.05, 0.1) is 0 Å². The zero-order valence-corrected chi connectivity index (χ0v) is 11.3. The zero-order valence-electron chi connectivity index (χ0n) is 11.3. The maximum absolute atomic E-state index is 13.8. The number of hydrogen-bond donors (Lipinski definition) is 0. The van der Waals surface area contributed by atoms with Crippen molar-refractivity contribution >= 4 is 5.78 Å². The van der Waals surface area contributed by atoms with Gasteiger partial charge < -0.3 is 0 Å². The number of halogens is 2. The second-order valence-corrected chi connectivity index (χ2v) is 5.37. The second kappa shape index (κ2) is 5.81. The van der Waals surface area contributed by atoms with Crippen molar-refractivity contribution in [2.24, 2.45) is 0 Å². The molecule has 1 aliphatic rings. The molecule has 0 saturated heterocycles. The van der Waals surface area contributed by atoms with E-state index < -0.39 is 11.7 Å². The van der Waals surface area contributed by atoms with E-state index in [2.05, 4.69) is 6.92 Å². The van der Waals surface area contributed by atoms with Crippen LogP contribution in [0.2, 0.25) is 0 Å². The molecule has 0 bridgehead atoms. The van der Waals surface area contributed by atoms with Crippen molar-refractivity contribution in [3.63, 3.8) is 0 Å². The summed E-state index contributed by atoms with van der Waals surface area (Å²) in [7, 11) is 0. The predicted molar refractivity (Wildman–Crippen MR) is 71.8 cm³/mol. The summed E-state index contributed by atoms with van der Waals surface area (Å²) in [5.41, 5.74) is 1.04. The lowest BCUT2D eigenvalue weighted by Crippen LogP contribution is -2.36. The lowest BCUT2D eigenvalue weighted by atomic mass is 9.77. The molecule has 104 valence electrons. The third-order valence-corrected chi connectivity index (χ3v) is 3.89. The fourth-order valence-corrected chi connectivity index (χ4v) is 2.84. The molecule has 19 heavy (non-hydrogen) atoms. The fourth-order valence-electron chi connectivity index (χ4n) is 2.84. The molecule has 1 aromatic rings. The van der Waals surface area contributed by atoms with Crippen molar-refractivity contribution in [2.75, 3.05) is 0 Å². The minimum absolute atomic E-state index is 0.180. The quantitative estimate of drug-likeness (QED) is 0.688. The van der Waals surface area contributed by atoms with Crippen molar-refractivity contribution in [2.45, 2.75) is 57.3 Å². The standard InChI is InChI=1S/C16H20F2O/c1-2-3-4-5-8-12-11-16(17,18)15(19)14-10-7-6-9-13(12)14/h6-7,9-10,12H,2-5,8,11H2,1H3. The first-order valence-corrected chi connectivity index (χ1v) is 7.08. The van der Waals surface area contributed by atoms with Crippen LogP contribution in [0.5, 0.6) is 0 Å². The summed E-state index contributed by atoms with van der Waals surface area (Å²) in [4.78, 5) is 11.7. The predicted octanol–water partition coefficient (Wildman–Crippen LogP) is 4.96. The Morgan fingerprint density at radius 3 is 2.68 bits per heavy atom. The second-order valence-electron chi connectivity index (χ2n) is 5.37. The van der Waals surface area contributed by atoms with Gasteiger partial charge in [-0.1, -0.05) is 56.9 Å². The van der Waals surface area contributed by atoms with E-state index in [1.54, 1.807) is 6.07 Å². The Balaban J connectivity index is 2.16. The first kappa shape index (κ1) is 14.2. The summed E-state index contributed by atoms with van der Waals surface area (Å²) < 4.78 is 27.5. The Hall–Kier alpha value is -1.25. The molecule has 0 radical (unpaired) electrons. The number of fused-ring (bicyclic) bond motifs is 1. The number of ketones is 1. The van der Waals surface area contributed by atoms with E-state index in [9.17, 15) is 13.6 Å². The van der Waals surface area contributed by atoms with Gasteiger partial charge in [0.1, 0.15) is 0 Å². The van der Waals surface area contributed by atoms with Gasteiger partial charge in [0.25, 0.3) is 0 Å². The van der Waals surface area contributed by atoms with Crippen molar-refractivity contribution < 1.29 is 13.6 Å². The first-order valence-electron chi connectivity index (χ1n) is 7.08. The zero-order chi connectivity index (χ0) is 13.9. The number of unbranched alkanes of at least 4 members (excludes halogenated alkanes) is 3. The van der Waals surface area contributed by atoms with Crippen LogP contribution in [0, 0.1) is 0 Å². The monoisotopic (exact) mass is 266 g/mol. The van der Waals surface area contributed by atoms with E-state index >= 15 is 0 Å². The summed E-state index contributed by atoms with van der Waals surface area (Å²) in [6.07, 6.45) is 4.74. The molecule has 1 aliphatic carbocycles. The minimum atomic E-state index is -3.19. The number of Topliss-reactive ketones (excluding diaryl/α,β-unsaturated/α-hetero) is 1. The Kier molecular flexibility index (Phi) is 4.33. The van der Waals surface area contributed by atoms with E-state index in [1.807, 2.05) is 12.1 Å². The highest BCUT2D eigenvalue weighted by atomic mass is 19.3. The highest BCUT2D eigenvalue weighted by Gasteiger charge is 2.46. The van der Waals surface area contributed by atoms with Crippen LogP contribution in [0.15, 0.2) is 24.3 Å². The summed E-state index contributed by atoms with van der Waals surface area (Å²) in [5, 5.41) is 0. The lowest BCUT2D eigenvalue weighted by molar-refractivity contribution is -0.00424. The molecular formula is C16H20F2O. The normalized spacial score (nSPS) is 21.2. The average Bonchev–Trinajstić information content (AvgIpc) is 2.40. The molecule has 0 N–H and O–H groups in total. The van der Waals surface area contributed by atoms with Gasteiger partial charge in [-0.25, -0.2) is 0 Å². The molecule has 0 spiro atoms. The first-order chi connectivity index (χ1) is 9.06. The van der Waals surface area contributed by atoms with E-state index in [-0.39, 0.29) is 17.9 Å². The van der Waals surface area contributed by atoms with Crippen LogP contribution in [0.25, 0.3) is 0 Å². The molecule has 1 aromatic carbocycles. The van der Waals surface area contributed by atoms with Crippen LogP contribution in [0.3, 0.4) is 0 Å². The molecule has 0 amide bonds. The highest BCUT2D eigenvalue weighted by molar-refractivity contribution is 6.03. The van der Waals surface area contributed by atoms with Gasteiger partial charge in [-0.3, -0.25) is 4.79 Å². The van der Waals surface area contributed by atoms with Crippen molar-refractivity contribution in [3.8, 4) is 0 Å². The fraction of sp³-hybridized carbons (Fsp3) is 0.562. The Labute approximate surface area is 113 Å². The maximum Gasteiger partial charge on any atom is 0.310 e. The molecule has 0 aromatic heterocycles. The van der Waals surface area contributed by atoms with Gasteiger partial charge in [0.15, 0.2) is 0 Å². The van der Waals surface area contributed by atoms with Crippen molar-refractivity contribution in [3.05, 3.63) is 35.4 Å². The van der Waals surface area contributed by atoms with E-state index in [4.69, 9.17) is 0 Å².